The Hall–Kier alpha value is -1.32. The molecule has 5 nitrogen and oxygen atoms in total. The van der Waals surface area contributed by atoms with E-state index >= 15 is 0 Å². The normalized spacial score (nSPS) is 17.3. The van der Waals surface area contributed by atoms with Gasteiger partial charge in [0.25, 0.3) is 0 Å². The van der Waals surface area contributed by atoms with Crippen LogP contribution in [0, 0.1) is 5.92 Å². The maximum Gasteiger partial charge on any atom is 0.417 e. The van der Waals surface area contributed by atoms with Crippen molar-refractivity contribution in [1.82, 2.24) is 0 Å². The number of aliphatic hydroxyl groups is 1. The Labute approximate surface area is 126 Å². The van der Waals surface area contributed by atoms with E-state index in [1.807, 2.05) is 0 Å². The number of nitrogens with one attached hydrogen (secondary N) is 1. The number of anilines is 1. The average molecular weight is 338 g/mol. The molecule has 0 bridgehead atoms. The van der Waals surface area contributed by atoms with Crippen LogP contribution in [-0.4, -0.2) is 26.2 Å². The van der Waals surface area contributed by atoms with Crippen molar-refractivity contribution >= 4 is 15.7 Å². The maximum atomic E-state index is 13.0. The van der Waals surface area contributed by atoms with Gasteiger partial charge in [-0.15, -0.1) is 0 Å². The molecule has 124 valence electrons. The highest BCUT2D eigenvalue weighted by atomic mass is 32.2. The molecule has 0 radical (unpaired) electrons. The van der Waals surface area contributed by atoms with Gasteiger partial charge in [-0.1, -0.05) is 0 Å². The van der Waals surface area contributed by atoms with E-state index in [0.717, 1.165) is 25.0 Å². The molecule has 1 unspecified atom stereocenters. The van der Waals surface area contributed by atoms with Crippen LogP contribution in [-0.2, 0) is 16.2 Å². The molecule has 0 heterocycles. The van der Waals surface area contributed by atoms with Gasteiger partial charge < -0.3 is 10.4 Å². The summed E-state index contributed by atoms with van der Waals surface area (Å²) >= 11 is 0. The van der Waals surface area contributed by atoms with E-state index in [-0.39, 0.29) is 18.3 Å². The summed E-state index contributed by atoms with van der Waals surface area (Å²) in [5.41, 5.74) is -1.14. The summed E-state index contributed by atoms with van der Waals surface area (Å²) in [7, 11) is -4.46. The van der Waals surface area contributed by atoms with Gasteiger partial charge in [0.15, 0.2) is 0 Å². The number of halogens is 3. The molecule has 0 aliphatic heterocycles. The SMILES string of the molecule is NS(=O)(=O)c1ccc(NC(CCO)C2CC2)cc1C(F)(F)F. The largest absolute Gasteiger partial charge is 0.417 e. The molecule has 1 aromatic rings. The predicted octanol–water partition coefficient (Wildman–Crippen LogP) is 1.93. The van der Waals surface area contributed by atoms with Crippen LogP contribution in [0.2, 0.25) is 0 Å². The van der Waals surface area contributed by atoms with Gasteiger partial charge in [-0.3, -0.25) is 0 Å². The second-order valence-electron chi connectivity index (χ2n) is 5.35. The Bertz CT molecular complexity index is 642. The predicted molar refractivity (Wildman–Crippen MR) is 74.7 cm³/mol. The number of sulfonamides is 1. The third-order valence-electron chi connectivity index (χ3n) is 3.57. The van der Waals surface area contributed by atoms with Crippen LogP contribution < -0.4 is 10.5 Å². The van der Waals surface area contributed by atoms with Crippen molar-refractivity contribution in [3.05, 3.63) is 23.8 Å². The van der Waals surface area contributed by atoms with Gasteiger partial charge in [-0.05, 0) is 43.4 Å². The minimum atomic E-state index is -4.83. The Balaban J connectivity index is 2.34. The fraction of sp³-hybridized carbons (Fsp3) is 0.538. The van der Waals surface area contributed by atoms with Crippen LogP contribution in [0.4, 0.5) is 18.9 Å². The number of hydrogen-bond acceptors (Lipinski definition) is 4. The first-order valence-electron chi connectivity index (χ1n) is 6.74. The zero-order chi connectivity index (χ0) is 16.5. The Morgan fingerprint density at radius 3 is 2.45 bits per heavy atom. The van der Waals surface area contributed by atoms with Crippen molar-refractivity contribution in [2.75, 3.05) is 11.9 Å². The number of aliphatic hydroxyl groups excluding tert-OH is 1. The highest BCUT2D eigenvalue weighted by Gasteiger charge is 2.37. The number of nitrogens with two attached hydrogens (primary N) is 1. The molecule has 0 aromatic heterocycles. The summed E-state index contributed by atoms with van der Waals surface area (Å²) in [5.74, 6) is 0.319. The highest BCUT2D eigenvalue weighted by Crippen LogP contribution is 2.38. The van der Waals surface area contributed by atoms with Gasteiger partial charge >= 0.3 is 6.18 Å². The molecule has 1 atom stereocenters. The summed E-state index contributed by atoms with van der Waals surface area (Å²) in [6.45, 7) is -0.0739. The molecular weight excluding hydrogens is 321 g/mol. The summed E-state index contributed by atoms with van der Waals surface area (Å²) in [5, 5.41) is 16.8. The quantitative estimate of drug-likeness (QED) is 0.739. The lowest BCUT2D eigenvalue weighted by molar-refractivity contribution is -0.139. The zero-order valence-electron chi connectivity index (χ0n) is 11.6. The van der Waals surface area contributed by atoms with Crippen LogP contribution in [0.3, 0.4) is 0 Å². The van der Waals surface area contributed by atoms with Gasteiger partial charge in [0.05, 0.1) is 10.5 Å². The van der Waals surface area contributed by atoms with Crippen molar-refractivity contribution in [3.63, 3.8) is 0 Å². The topological polar surface area (TPSA) is 92.4 Å². The first kappa shape index (κ1) is 17.0. The van der Waals surface area contributed by atoms with Crippen LogP contribution in [0.1, 0.15) is 24.8 Å². The summed E-state index contributed by atoms with van der Waals surface area (Å²) in [6.07, 6.45) is -2.49. The highest BCUT2D eigenvalue weighted by molar-refractivity contribution is 7.89. The van der Waals surface area contributed by atoms with Crippen LogP contribution in [0.15, 0.2) is 23.1 Å². The lowest BCUT2D eigenvalue weighted by atomic mass is 10.1. The molecule has 1 aliphatic rings. The van der Waals surface area contributed by atoms with E-state index in [4.69, 9.17) is 10.2 Å². The van der Waals surface area contributed by atoms with Crippen LogP contribution in [0.25, 0.3) is 0 Å². The molecule has 1 saturated carbocycles. The molecule has 1 fully saturated rings. The molecular formula is C13H17F3N2O3S. The molecule has 22 heavy (non-hydrogen) atoms. The average Bonchev–Trinajstić information content (AvgIpc) is 3.20. The van der Waals surface area contributed by atoms with Crippen molar-refractivity contribution in [2.24, 2.45) is 11.1 Å². The van der Waals surface area contributed by atoms with E-state index in [1.165, 1.54) is 6.07 Å². The smallest absolute Gasteiger partial charge is 0.396 e. The van der Waals surface area contributed by atoms with Crippen molar-refractivity contribution in [1.29, 1.82) is 0 Å². The standard InChI is InChI=1S/C13H17F3N2O3S/c14-13(15,16)10-7-9(3-4-12(10)22(17,20)21)18-11(5-6-19)8-1-2-8/h3-4,7-8,11,18-19H,1-2,5-6H2,(H2,17,20,21). The first-order valence-corrected chi connectivity index (χ1v) is 8.29. The number of rotatable bonds is 6. The van der Waals surface area contributed by atoms with E-state index in [9.17, 15) is 21.6 Å². The first-order chi connectivity index (χ1) is 10.1. The van der Waals surface area contributed by atoms with Gasteiger partial charge in [0.2, 0.25) is 10.0 Å². The van der Waals surface area contributed by atoms with Crippen LogP contribution >= 0.6 is 0 Å². The summed E-state index contributed by atoms with van der Waals surface area (Å²) in [6, 6.07) is 2.71. The second kappa shape index (κ2) is 6.05. The molecule has 4 N–H and O–H groups in total. The fourth-order valence-electron chi connectivity index (χ4n) is 2.37. The monoisotopic (exact) mass is 338 g/mol. The number of benzene rings is 1. The van der Waals surface area contributed by atoms with E-state index in [2.05, 4.69) is 5.32 Å². The third-order valence-corrected chi connectivity index (χ3v) is 4.54. The Morgan fingerprint density at radius 1 is 1.36 bits per heavy atom. The van der Waals surface area contributed by atoms with Gasteiger partial charge in [-0.2, -0.15) is 13.2 Å². The van der Waals surface area contributed by atoms with Gasteiger partial charge in [0.1, 0.15) is 0 Å². The van der Waals surface area contributed by atoms with Crippen molar-refractivity contribution in [3.8, 4) is 0 Å². The molecule has 0 saturated heterocycles. The Morgan fingerprint density at radius 2 is 2.00 bits per heavy atom. The second-order valence-corrected chi connectivity index (χ2v) is 6.88. The summed E-state index contributed by atoms with van der Waals surface area (Å²) in [4.78, 5) is -0.948. The van der Waals surface area contributed by atoms with Crippen molar-refractivity contribution < 1.29 is 26.7 Å². The number of alkyl halides is 3. The molecule has 9 heteroatoms. The molecule has 1 aromatic carbocycles. The van der Waals surface area contributed by atoms with Gasteiger partial charge in [0, 0.05) is 18.3 Å². The third kappa shape index (κ3) is 4.11. The van der Waals surface area contributed by atoms with Crippen molar-refractivity contribution in [2.45, 2.75) is 36.4 Å². The zero-order valence-corrected chi connectivity index (χ0v) is 12.4. The minimum absolute atomic E-state index is 0.0739. The van der Waals surface area contributed by atoms with E-state index in [1.54, 1.807) is 0 Å². The lowest BCUT2D eigenvalue weighted by Gasteiger charge is -2.20. The Kier molecular flexibility index (Phi) is 4.69. The number of primary sulfonamides is 1. The molecule has 0 spiro atoms. The summed E-state index contributed by atoms with van der Waals surface area (Å²) < 4.78 is 61.6. The van der Waals surface area contributed by atoms with E-state index in [0.29, 0.717) is 12.3 Å². The number of hydrogen-bond donors (Lipinski definition) is 3. The van der Waals surface area contributed by atoms with Crippen LogP contribution in [0.5, 0.6) is 0 Å². The minimum Gasteiger partial charge on any atom is -0.396 e. The van der Waals surface area contributed by atoms with E-state index < -0.39 is 26.7 Å². The molecule has 2 rings (SSSR count). The molecule has 0 amide bonds. The van der Waals surface area contributed by atoms with Gasteiger partial charge in [-0.25, -0.2) is 13.6 Å². The maximum absolute atomic E-state index is 13.0. The fourth-order valence-corrected chi connectivity index (χ4v) is 3.11. The molecule has 1 aliphatic carbocycles. The lowest BCUT2D eigenvalue weighted by Crippen LogP contribution is -2.24.